The van der Waals surface area contributed by atoms with Crippen molar-refractivity contribution < 1.29 is 4.79 Å². The van der Waals surface area contributed by atoms with Crippen LogP contribution in [0.15, 0.2) is 0 Å². The number of nitrogens with one attached hydrogen (secondary N) is 1. The first-order valence-electron chi connectivity index (χ1n) is 5.67. The SMILES string of the molecule is CSNC(C(=O)N1CCC[C@H]1C)C(C)C. The topological polar surface area (TPSA) is 32.3 Å². The van der Waals surface area contributed by atoms with E-state index in [0.717, 1.165) is 19.4 Å². The second-order valence-electron chi connectivity index (χ2n) is 4.57. The minimum Gasteiger partial charge on any atom is -0.339 e. The lowest BCUT2D eigenvalue weighted by atomic mass is 10.0. The smallest absolute Gasteiger partial charge is 0.241 e. The Morgan fingerprint density at radius 3 is 2.60 bits per heavy atom. The summed E-state index contributed by atoms with van der Waals surface area (Å²) in [7, 11) is 0. The lowest BCUT2D eigenvalue weighted by Crippen LogP contribution is -2.48. The summed E-state index contributed by atoms with van der Waals surface area (Å²) in [6.45, 7) is 7.25. The molecule has 88 valence electrons. The van der Waals surface area contributed by atoms with Crippen molar-refractivity contribution in [2.45, 2.75) is 45.7 Å². The molecule has 15 heavy (non-hydrogen) atoms. The van der Waals surface area contributed by atoms with Gasteiger partial charge in [0.25, 0.3) is 0 Å². The Morgan fingerprint density at radius 2 is 2.20 bits per heavy atom. The second kappa shape index (κ2) is 5.75. The van der Waals surface area contributed by atoms with Crippen LogP contribution < -0.4 is 4.72 Å². The Balaban J connectivity index is 2.62. The molecule has 0 aromatic carbocycles. The third-order valence-corrected chi connectivity index (χ3v) is 3.50. The molecule has 0 radical (unpaired) electrons. The van der Waals surface area contributed by atoms with E-state index < -0.39 is 0 Å². The van der Waals surface area contributed by atoms with Crippen LogP contribution in [0, 0.1) is 5.92 Å². The predicted octanol–water partition coefficient (Wildman–Crippen LogP) is 1.89. The molecule has 3 nitrogen and oxygen atoms in total. The third-order valence-electron chi connectivity index (χ3n) is 3.01. The third kappa shape index (κ3) is 3.11. The van der Waals surface area contributed by atoms with Crippen LogP contribution in [-0.2, 0) is 4.79 Å². The van der Waals surface area contributed by atoms with Crippen molar-refractivity contribution in [1.29, 1.82) is 0 Å². The van der Waals surface area contributed by atoms with Gasteiger partial charge < -0.3 is 4.90 Å². The molecule has 4 heteroatoms. The molecular formula is C11H22N2OS. The number of rotatable bonds is 4. The molecule has 1 rings (SSSR count). The lowest BCUT2D eigenvalue weighted by Gasteiger charge is -2.29. The fraction of sp³-hybridized carbons (Fsp3) is 0.909. The van der Waals surface area contributed by atoms with Crippen LogP contribution in [0.1, 0.15) is 33.6 Å². The highest BCUT2D eigenvalue weighted by Gasteiger charge is 2.31. The van der Waals surface area contributed by atoms with E-state index in [1.54, 1.807) is 0 Å². The minimum atomic E-state index is -0.0412. The first kappa shape index (κ1) is 12.8. The van der Waals surface area contributed by atoms with Gasteiger partial charge in [-0.25, -0.2) is 0 Å². The first-order chi connectivity index (χ1) is 7.07. The molecule has 0 aromatic rings. The van der Waals surface area contributed by atoms with E-state index >= 15 is 0 Å². The zero-order valence-electron chi connectivity index (χ0n) is 10.1. The Bertz CT molecular complexity index is 221. The van der Waals surface area contributed by atoms with Crippen LogP contribution >= 0.6 is 11.9 Å². The summed E-state index contributed by atoms with van der Waals surface area (Å²) in [5, 5.41) is 0. The molecule has 1 N–H and O–H groups in total. The fourth-order valence-electron chi connectivity index (χ4n) is 2.04. The molecule has 2 atom stereocenters. The molecule has 1 aliphatic heterocycles. The van der Waals surface area contributed by atoms with E-state index in [1.807, 2.05) is 11.2 Å². The van der Waals surface area contributed by atoms with Crippen molar-refractivity contribution >= 4 is 17.9 Å². The van der Waals surface area contributed by atoms with Crippen LogP contribution in [0.4, 0.5) is 0 Å². The molecule has 1 saturated heterocycles. The second-order valence-corrected chi connectivity index (χ2v) is 5.21. The zero-order chi connectivity index (χ0) is 11.4. The van der Waals surface area contributed by atoms with Crippen LogP contribution in [0.25, 0.3) is 0 Å². The average molecular weight is 230 g/mol. The van der Waals surface area contributed by atoms with Crippen molar-refractivity contribution in [3.63, 3.8) is 0 Å². The molecule has 1 aliphatic rings. The van der Waals surface area contributed by atoms with Crippen LogP contribution in [-0.4, -0.2) is 35.7 Å². The maximum Gasteiger partial charge on any atom is 0.241 e. The summed E-state index contributed by atoms with van der Waals surface area (Å²) in [5.74, 6) is 0.613. The number of amides is 1. The Labute approximate surface area is 97.1 Å². The number of hydrogen-bond acceptors (Lipinski definition) is 3. The normalized spacial score (nSPS) is 23.5. The van der Waals surface area contributed by atoms with Gasteiger partial charge in [-0.15, -0.1) is 0 Å². The number of hydrogen-bond donors (Lipinski definition) is 1. The van der Waals surface area contributed by atoms with Gasteiger partial charge in [0.1, 0.15) is 0 Å². The summed E-state index contributed by atoms with van der Waals surface area (Å²) in [4.78, 5) is 14.3. The molecule has 1 unspecified atom stereocenters. The van der Waals surface area contributed by atoms with Gasteiger partial charge in [-0.2, -0.15) is 0 Å². The average Bonchev–Trinajstić information content (AvgIpc) is 2.59. The van der Waals surface area contributed by atoms with Crippen LogP contribution in [0.3, 0.4) is 0 Å². The van der Waals surface area contributed by atoms with Gasteiger partial charge in [0, 0.05) is 12.6 Å². The fourth-order valence-corrected chi connectivity index (χ4v) is 2.66. The molecule has 0 aromatic heterocycles. The zero-order valence-corrected chi connectivity index (χ0v) is 10.9. The lowest BCUT2D eigenvalue weighted by molar-refractivity contribution is -0.134. The molecule has 1 amide bonds. The van der Waals surface area contributed by atoms with E-state index in [0.29, 0.717) is 12.0 Å². The Morgan fingerprint density at radius 1 is 1.53 bits per heavy atom. The highest BCUT2D eigenvalue weighted by molar-refractivity contribution is 7.96. The monoisotopic (exact) mass is 230 g/mol. The molecule has 0 saturated carbocycles. The number of likely N-dealkylation sites (tertiary alicyclic amines) is 1. The number of carbonyl (C=O) groups excluding carboxylic acids is 1. The van der Waals surface area contributed by atoms with Gasteiger partial charge in [0.2, 0.25) is 5.91 Å². The quantitative estimate of drug-likeness (QED) is 0.749. The van der Waals surface area contributed by atoms with Gasteiger partial charge in [0.05, 0.1) is 6.04 Å². The largest absolute Gasteiger partial charge is 0.339 e. The maximum absolute atomic E-state index is 12.2. The van der Waals surface area contributed by atoms with Crippen molar-refractivity contribution in [3.05, 3.63) is 0 Å². The summed E-state index contributed by atoms with van der Waals surface area (Å²) < 4.78 is 3.20. The Kier molecular flexibility index (Phi) is 4.93. The van der Waals surface area contributed by atoms with Gasteiger partial charge >= 0.3 is 0 Å². The highest BCUT2D eigenvalue weighted by Crippen LogP contribution is 2.19. The van der Waals surface area contributed by atoms with E-state index in [-0.39, 0.29) is 11.9 Å². The van der Waals surface area contributed by atoms with Crippen molar-refractivity contribution in [1.82, 2.24) is 9.62 Å². The molecule has 0 aliphatic carbocycles. The summed E-state index contributed by atoms with van der Waals surface area (Å²) in [5.41, 5.74) is 0. The van der Waals surface area contributed by atoms with Gasteiger partial charge in [-0.05, 0) is 31.9 Å². The highest BCUT2D eigenvalue weighted by atomic mass is 32.2. The molecule has 1 heterocycles. The van der Waals surface area contributed by atoms with Gasteiger partial charge in [-0.1, -0.05) is 25.8 Å². The van der Waals surface area contributed by atoms with Crippen molar-refractivity contribution in [2.24, 2.45) is 5.92 Å². The van der Waals surface area contributed by atoms with E-state index in [9.17, 15) is 4.79 Å². The van der Waals surface area contributed by atoms with E-state index in [1.165, 1.54) is 11.9 Å². The molecule has 0 spiro atoms. The van der Waals surface area contributed by atoms with Crippen LogP contribution in [0.5, 0.6) is 0 Å². The molecule has 1 fully saturated rings. The van der Waals surface area contributed by atoms with Crippen LogP contribution in [0.2, 0.25) is 0 Å². The number of carbonyl (C=O) groups is 1. The number of nitrogens with zero attached hydrogens (tertiary/aromatic N) is 1. The summed E-state index contributed by atoms with van der Waals surface area (Å²) in [6.07, 6.45) is 4.27. The standard InChI is InChI=1S/C11H22N2OS/c1-8(2)10(12-15-4)11(14)13-7-5-6-9(13)3/h8-10,12H,5-7H2,1-4H3/t9-,10?/m1/s1. The van der Waals surface area contributed by atoms with E-state index in [4.69, 9.17) is 0 Å². The van der Waals surface area contributed by atoms with Gasteiger partial charge in [-0.3, -0.25) is 9.52 Å². The predicted molar refractivity (Wildman–Crippen MR) is 65.7 cm³/mol. The first-order valence-corrected chi connectivity index (χ1v) is 6.89. The summed E-state index contributed by atoms with van der Waals surface area (Å²) in [6, 6.07) is 0.378. The Hall–Kier alpha value is -0.220. The molecule has 0 bridgehead atoms. The minimum absolute atomic E-state index is 0.0412. The van der Waals surface area contributed by atoms with Gasteiger partial charge in [0.15, 0.2) is 0 Å². The van der Waals surface area contributed by atoms with Crippen molar-refractivity contribution in [2.75, 3.05) is 12.8 Å². The summed E-state index contributed by atoms with van der Waals surface area (Å²) >= 11 is 1.53. The maximum atomic E-state index is 12.2. The van der Waals surface area contributed by atoms with E-state index in [2.05, 4.69) is 25.5 Å². The molecular weight excluding hydrogens is 208 g/mol. The van der Waals surface area contributed by atoms with Crippen molar-refractivity contribution in [3.8, 4) is 0 Å².